The topological polar surface area (TPSA) is 110 Å². The van der Waals surface area contributed by atoms with Gasteiger partial charge in [-0.15, -0.1) is 0 Å². The Morgan fingerprint density at radius 3 is 2.36 bits per heavy atom. The molecule has 36 heavy (non-hydrogen) atoms. The summed E-state index contributed by atoms with van der Waals surface area (Å²) in [5, 5.41) is 7.15. The van der Waals surface area contributed by atoms with Crippen molar-refractivity contribution in [2.75, 3.05) is 33.2 Å². The van der Waals surface area contributed by atoms with Crippen LogP contribution in [-0.4, -0.2) is 82.9 Å². The van der Waals surface area contributed by atoms with Gasteiger partial charge in [0.2, 0.25) is 0 Å². The van der Waals surface area contributed by atoms with E-state index < -0.39 is 5.60 Å². The van der Waals surface area contributed by atoms with Gasteiger partial charge in [-0.25, -0.2) is 4.79 Å². The van der Waals surface area contributed by atoms with Gasteiger partial charge in [-0.2, -0.15) is 4.98 Å². The van der Waals surface area contributed by atoms with E-state index in [4.69, 9.17) is 14.0 Å². The van der Waals surface area contributed by atoms with Crippen LogP contribution in [0.3, 0.4) is 0 Å². The van der Waals surface area contributed by atoms with Crippen molar-refractivity contribution in [1.82, 2.24) is 25.3 Å². The molecule has 1 N–H and O–H groups in total. The fraction of sp³-hybridized carbons (Fsp3) is 0.615. The quantitative estimate of drug-likeness (QED) is 0.643. The van der Waals surface area contributed by atoms with Crippen molar-refractivity contribution in [2.24, 2.45) is 0 Å². The van der Waals surface area contributed by atoms with Crippen LogP contribution in [0, 0.1) is 0 Å². The van der Waals surface area contributed by atoms with Crippen molar-refractivity contribution in [2.45, 2.75) is 70.8 Å². The maximum Gasteiger partial charge on any atom is 0.410 e. The van der Waals surface area contributed by atoms with E-state index in [9.17, 15) is 9.59 Å². The summed E-state index contributed by atoms with van der Waals surface area (Å²) < 4.78 is 16.8. The molecule has 3 heterocycles. The molecular weight excluding hydrogens is 462 g/mol. The fourth-order valence-electron chi connectivity index (χ4n) is 4.34. The first-order chi connectivity index (χ1) is 17.2. The summed E-state index contributed by atoms with van der Waals surface area (Å²) in [5.41, 5.74) is 0.855. The van der Waals surface area contributed by atoms with E-state index in [2.05, 4.69) is 27.4 Å². The predicted octanol–water partition coefficient (Wildman–Crippen LogP) is 3.48. The number of piperidine rings is 2. The standard InChI is InChI=1S/C26H37N5O5/c1-26(2,3)35-25(33)31-15-11-21(12-16-31)34-17-22-28-24(36-29-22)19-7-5-18(6-8-19)23(32)27-20-9-13-30(4)14-10-20/h5-8,20-21H,9-17H2,1-4H3,(H,27,32). The van der Waals surface area contributed by atoms with Crippen molar-refractivity contribution in [1.29, 1.82) is 0 Å². The van der Waals surface area contributed by atoms with Gasteiger partial charge in [-0.05, 0) is 90.9 Å². The highest BCUT2D eigenvalue weighted by Gasteiger charge is 2.27. The van der Waals surface area contributed by atoms with Crippen LogP contribution in [0.1, 0.15) is 62.6 Å². The van der Waals surface area contributed by atoms with Gasteiger partial charge in [0.05, 0.1) is 6.10 Å². The molecule has 1 aromatic heterocycles. The zero-order chi connectivity index (χ0) is 25.7. The molecule has 0 bridgehead atoms. The van der Waals surface area contributed by atoms with Crippen LogP contribution in [0.15, 0.2) is 28.8 Å². The number of amides is 2. The van der Waals surface area contributed by atoms with E-state index in [1.54, 1.807) is 17.0 Å². The number of nitrogens with one attached hydrogen (secondary N) is 1. The van der Waals surface area contributed by atoms with Crippen molar-refractivity contribution in [3.8, 4) is 11.5 Å². The van der Waals surface area contributed by atoms with Crippen molar-refractivity contribution < 1.29 is 23.6 Å². The zero-order valence-electron chi connectivity index (χ0n) is 21.7. The highest BCUT2D eigenvalue weighted by Crippen LogP contribution is 2.21. The molecule has 0 spiro atoms. The molecule has 2 aliphatic rings. The Balaban J connectivity index is 1.22. The molecule has 0 radical (unpaired) electrons. The molecule has 4 rings (SSSR count). The number of hydrogen-bond donors (Lipinski definition) is 1. The Kier molecular flexibility index (Phi) is 8.25. The van der Waals surface area contributed by atoms with Gasteiger partial charge in [0, 0.05) is 30.3 Å². The number of likely N-dealkylation sites (tertiary alicyclic amines) is 2. The molecule has 0 aliphatic carbocycles. The maximum atomic E-state index is 12.6. The molecule has 2 aromatic rings. The second-order valence-corrected chi connectivity index (χ2v) is 10.6. The van der Waals surface area contributed by atoms with Crippen molar-refractivity contribution in [3.63, 3.8) is 0 Å². The molecule has 2 saturated heterocycles. The Morgan fingerprint density at radius 1 is 1.06 bits per heavy atom. The van der Waals surface area contributed by atoms with E-state index >= 15 is 0 Å². The lowest BCUT2D eigenvalue weighted by Gasteiger charge is -2.33. The first kappa shape index (κ1) is 26.1. The van der Waals surface area contributed by atoms with Crippen LogP contribution < -0.4 is 5.32 Å². The molecule has 2 aliphatic heterocycles. The highest BCUT2D eigenvalue weighted by atomic mass is 16.6. The fourth-order valence-corrected chi connectivity index (χ4v) is 4.34. The van der Waals surface area contributed by atoms with Gasteiger partial charge in [0.25, 0.3) is 11.8 Å². The maximum absolute atomic E-state index is 12.6. The molecular formula is C26H37N5O5. The number of carbonyl (C=O) groups is 2. The van der Waals surface area contributed by atoms with Crippen LogP contribution in [0.5, 0.6) is 0 Å². The Labute approximate surface area is 212 Å². The van der Waals surface area contributed by atoms with Gasteiger partial charge >= 0.3 is 6.09 Å². The lowest BCUT2D eigenvalue weighted by molar-refractivity contribution is -0.0190. The van der Waals surface area contributed by atoms with Crippen LogP contribution in [0.2, 0.25) is 0 Å². The second-order valence-electron chi connectivity index (χ2n) is 10.6. The number of aromatic nitrogens is 2. The minimum absolute atomic E-state index is 0.0213. The minimum Gasteiger partial charge on any atom is -0.444 e. The average molecular weight is 500 g/mol. The smallest absolute Gasteiger partial charge is 0.410 e. The van der Waals surface area contributed by atoms with Gasteiger partial charge in [-0.1, -0.05) is 5.16 Å². The average Bonchev–Trinajstić information content (AvgIpc) is 3.33. The van der Waals surface area contributed by atoms with Crippen LogP contribution >= 0.6 is 0 Å². The Hall–Kier alpha value is -2.98. The third-order valence-electron chi connectivity index (χ3n) is 6.46. The van der Waals surface area contributed by atoms with Crippen LogP contribution in [0.25, 0.3) is 11.5 Å². The van der Waals surface area contributed by atoms with Crippen LogP contribution in [-0.2, 0) is 16.1 Å². The number of benzene rings is 1. The van der Waals surface area contributed by atoms with Gasteiger partial charge < -0.3 is 29.1 Å². The summed E-state index contributed by atoms with van der Waals surface area (Å²) >= 11 is 0. The van der Waals surface area contributed by atoms with Crippen molar-refractivity contribution in [3.05, 3.63) is 35.7 Å². The van der Waals surface area contributed by atoms with Crippen molar-refractivity contribution >= 4 is 12.0 Å². The lowest BCUT2D eigenvalue weighted by atomic mass is 10.0. The molecule has 10 heteroatoms. The van der Waals surface area contributed by atoms with E-state index in [0.29, 0.717) is 30.4 Å². The summed E-state index contributed by atoms with van der Waals surface area (Å²) in [6.45, 7) is 9.00. The summed E-state index contributed by atoms with van der Waals surface area (Å²) in [7, 11) is 2.10. The van der Waals surface area contributed by atoms with E-state index in [1.807, 2.05) is 32.9 Å². The monoisotopic (exact) mass is 499 g/mol. The number of hydrogen-bond acceptors (Lipinski definition) is 8. The van der Waals surface area contributed by atoms with Gasteiger partial charge in [-0.3, -0.25) is 4.79 Å². The molecule has 2 amide bonds. The number of carbonyl (C=O) groups excluding carboxylic acids is 2. The van der Waals surface area contributed by atoms with E-state index in [0.717, 1.165) is 44.3 Å². The first-order valence-corrected chi connectivity index (χ1v) is 12.7. The molecule has 0 saturated carbocycles. The van der Waals surface area contributed by atoms with Crippen LogP contribution in [0.4, 0.5) is 4.79 Å². The zero-order valence-corrected chi connectivity index (χ0v) is 21.7. The molecule has 0 atom stereocenters. The normalized spacial score (nSPS) is 18.3. The summed E-state index contributed by atoms with van der Waals surface area (Å²) in [5.74, 6) is 0.785. The van der Waals surface area contributed by atoms with E-state index in [-0.39, 0.29) is 30.8 Å². The predicted molar refractivity (Wildman–Crippen MR) is 133 cm³/mol. The minimum atomic E-state index is -0.500. The van der Waals surface area contributed by atoms with Gasteiger partial charge in [0.1, 0.15) is 12.2 Å². The highest BCUT2D eigenvalue weighted by molar-refractivity contribution is 5.94. The third kappa shape index (κ3) is 7.27. The summed E-state index contributed by atoms with van der Waals surface area (Å²) in [6, 6.07) is 7.40. The molecule has 196 valence electrons. The summed E-state index contributed by atoms with van der Waals surface area (Å²) in [6.07, 6.45) is 3.13. The number of rotatable bonds is 6. The SMILES string of the molecule is CN1CCC(NC(=O)c2ccc(-c3nc(COC4CCN(C(=O)OC(C)(C)C)CC4)no3)cc2)CC1. The van der Waals surface area contributed by atoms with Gasteiger partial charge in [0.15, 0.2) is 5.82 Å². The third-order valence-corrected chi connectivity index (χ3v) is 6.46. The number of nitrogens with zero attached hydrogens (tertiary/aromatic N) is 4. The molecule has 0 unspecified atom stereocenters. The molecule has 1 aromatic carbocycles. The van der Waals surface area contributed by atoms with E-state index in [1.165, 1.54) is 0 Å². The molecule has 2 fully saturated rings. The number of ether oxygens (including phenoxy) is 2. The lowest BCUT2D eigenvalue weighted by Crippen LogP contribution is -2.43. The Bertz CT molecular complexity index is 1020. The second kappa shape index (κ2) is 11.4. The first-order valence-electron chi connectivity index (χ1n) is 12.7. The Morgan fingerprint density at radius 2 is 1.72 bits per heavy atom. The molecule has 10 nitrogen and oxygen atoms in total. The summed E-state index contributed by atoms with van der Waals surface area (Å²) in [4.78, 5) is 33.2. The largest absolute Gasteiger partial charge is 0.444 e.